The molecule has 0 aliphatic carbocycles. The van der Waals surface area contributed by atoms with E-state index in [2.05, 4.69) is 53.6 Å². The van der Waals surface area contributed by atoms with Crippen LogP contribution in [0.15, 0.2) is 54.6 Å². The number of benzene rings is 2. The number of likely N-dealkylation sites (tertiary alicyclic amines) is 1. The summed E-state index contributed by atoms with van der Waals surface area (Å²) in [5.74, 6) is -0.0373. The van der Waals surface area contributed by atoms with E-state index in [1.165, 1.54) is 5.56 Å². The molecule has 154 valence electrons. The molecule has 2 N–H and O–H groups in total. The number of nitrogens with zero attached hydrogens (tertiary/aromatic N) is 1. The van der Waals surface area contributed by atoms with Crippen LogP contribution in [-0.2, 0) is 9.59 Å². The Balaban J connectivity index is 1.51. The second kappa shape index (κ2) is 10.2. The summed E-state index contributed by atoms with van der Waals surface area (Å²) in [6.07, 6.45) is 2.63. The molecule has 0 radical (unpaired) electrons. The van der Waals surface area contributed by atoms with Gasteiger partial charge in [-0.05, 0) is 50.4 Å². The predicted octanol–water partition coefficient (Wildman–Crippen LogP) is 3.91. The van der Waals surface area contributed by atoms with Gasteiger partial charge in [0.25, 0.3) is 0 Å². The zero-order chi connectivity index (χ0) is 20.6. The fourth-order valence-corrected chi connectivity index (χ4v) is 3.84. The normalized spacial score (nSPS) is 18.1. The molecule has 0 aromatic heterocycles. The summed E-state index contributed by atoms with van der Waals surface area (Å²) in [5.41, 5.74) is 3.16. The second-order valence-electron chi connectivity index (χ2n) is 7.87. The maximum atomic E-state index is 12.6. The van der Waals surface area contributed by atoms with Crippen molar-refractivity contribution in [1.29, 1.82) is 0 Å². The van der Waals surface area contributed by atoms with E-state index in [9.17, 15) is 9.59 Å². The van der Waals surface area contributed by atoms with Crippen molar-refractivity contribution in [1.82, 2.24) is 10.2 Å². The van der Waals surface area contributed by atoms with Gasteiger partial charge in [-0.3, -0.25) is 14.5 Å². The Morgan fingerprint density at radius 3 is 2.52 bits per heavy atom. The lowest BCUT2D eigenvalue weighted by Crippen LogP contribution is -2.45. The minimum absolute atomic E-state index is 0.0153. The molecule has 2 aromatic carbocycles. The number of hydrogen-bond donors (Lipinski definition) is 2. The van der Waals surface area contributed by atoms with Crippen molar-refractivity contribution >= 4 is 17.5 Å². The standard InChI is InChI=1S/C24H31N3O2/c1-3-22(19-13-11-18(2)12-14-19)26-23(28)17-27-15-7-8-20(16-27)24(29)25-21-9-5-4-6-10-21/h4-6,9-14,20,22H,3,7-8,15-17H2,1-2H3,(H,25,29)(H,26,28)/t20-,22-/m1/s1. The molecule has 1 saturated heterocycles. The van der Waals surface area contributed by atoms with Crippen molar-refractivity contribution in [2.24, 2.45) is 5.92 Å². The van der Waals surface area contributed by atoms with Crippen LogP contribution in [0.2, 0.25) is 0 Å². The smallest absolute Gasteiger partial charge is 0.234 e. The molecule has 0 bridgehead atoms. The molecule has 3 rings (SSSR count). The lowest BCUT2D eigenvalue weighted by molar-refractivity contribution is -0.126. The van der Waals surface area contributed by atoms with Crippen molar-refractivity contribution in [2.75, 3.05) is 25.0 Å². The van der Waals surface area contributed by atoms with E-state index >= 15 is 0 Å². The monoisotopic (exact) mass is 393 g/mol. The van der Waals surface area contributed by atoms with Crippen molar-refractivity contribution in [3.05, 3.63) is 65.7 Å². The van der Waals surface area contributed by atoms with Gasteiger partial charge in [0.1, 0.15) is 0 Å². The Bertz CT molecular complexity index is 805. The molecule has 29 heavy (non-hydrogen) atoms. The fourth-order valence-electron chi connectivity index (χ4n) is 3.84. The summed E-state index contributed by atoms with van der Waals surface area (Å²) in [4.78, 5) is 27.3. The lowest BCUT2D eigenvalue weighted by Gasteiger charge is -2.32. The van der Waals surface area contributed by atoms with Gasteiger partial charge in [0, 0.05) is 12.2 Å². The summed E-state index contributed by atoms with van der Waals surface area (Å²) >= 11 is 0. The highest BCUT2D eigenvalue weighted by Gasteiger charge is 2.27. The molecule has 5 nitrogen and oxygen atoms in total. The number of anilines is 1. The molecule has 1 aliphatic rings. The van der Waals surface area contributed by atoms with E-state index in [0.717, 1.165) is 37.1 Å². The van der Waals surface area contributed by atoms with Crippen LogP contribution in [0.4, 0.5) is 5.69 Å². The number of para-hydroxylation sites is 1. The van der Waals surface area contributed by atoms with Crippen molar-refractivity contribution in [2.45, 2.75) is 39.2 Å². The number of carbonyl (C=O) groups excluding carboxylic acids is 2. The molecule has 1 aliphatic heterocycles. The first-order valence-electron chi connectivity index (χ1n) is 10.5. The number of amides is 2. The number of piperidine rings is 1. The van der Waals surface area contributed by atoms with Gasteiger partial charge in [0.2, 0.25) is 11.8 Å². The maximum Gasteiger partial charge on any atom is 0.234 e. The van der Waals surface area contributed by atoms with Crippen LogP contribution in [0, 0.1) is 12.8 Å². The van der Waals surface area contributed by atoms with E-state index < -0.39 is 0 Å². The zero-order valence-electron chi connectivity index (χ0n) is 17.4. The van der Waals surface area contributed by atoms with Crippen LogP contribution in [0.3, 0.4) is 0 Å². The van der Waals surface area contributed by atoms with Gasteiger partial charge in [-0.15, -0.1) is 0 Å². The van der Waals surface area contributed by atoms with E-state index in [0.29, 0.717) is 13.1 Å². The first-order valence-corrected chi connectivity index (χ1v) is 10.5. The Labute approximate surface area is 173 Å². The first-order chi connectivity index (χ1) is 14.0. The second-order valence-corrected chi connectivity index (χ2v) is 7.87. The average Bonchev–Trinajstić information content (AvgIpc) is 2.73. The molecule has 1 heterocycles. The van der Waals surface area contributed by atoms with Crippen LogP contribution in [-0.4, -0.2) is 36.3 Å². The van der Waals surface area contributed by atoms with Gasteiger partial charge in [-0.2, -0.15) is 0 Å². The van der Waals surface area contributed by atoms with Gasteiger partial charge in [0.05, 0.1) is 18.5 Å². The molecule has 5 heteroatoms. The molecule has 0 saturated carbocycles. The highest BCUT2D eigenvalue weighted by molar-refractivity contribution is 5.92. The number of rotatable bonds is 7. The summed E-state index contributed by atoms with van der Waals surface area (Å²) in [7, 11) is 0. The van der Waals surface area contributed by atoms with Gasteiger partial charge in [-0.1, -0.05) is 55.0 Å². The number of hydrogen-bond acceptors (Lipinski definition) is 3. The first kappa shape index (κ1) is 21.1. The molecule has 0 spiro atoms. The molecular weight excluding hydrogens is 362 g/mol. The topological polar surface area (TPSA) is 61.4 Å². The third-order valence-corrected chi connectivity index (χ3v) is 5.51. The molecule has 2 atom stereocenters. The van der Waals surface area contributed by atoms with Gasteiger partial charge >= 0.3 is 0 Å². The SMILES string of the molecule is CC[C@@H](NC(=O)CN1CCC[C@@H](C(=O)Nc2ccccc2)C1)c1ccc(C)cc1. The van der Waals surface area contributed by atoms with Crippen LogP contribution in [0.5, 0.6) is 0 Å². The third-order valence-electron chi connectivity index (χ3n) is 5.51. The molecule has 1 fully saturated rings. The number of aryl methyl sites for hydroxylation is 1. The lowest BCUT2D eigenvalue weighted by atomic mass is 9.97. The Morgan fingerprint density at radius 1 is 1.10 bits per heavy atom. The summed E-state index contributed by atoms with van der Waals surface area (Å²) in [6.45, 7) is 5.94. The Hall–Kier alpha value is -2.66. The van der Waals surface area contributed by atoms with Crippen molar-refractivity contribution < 1.29 is 9.59 Å². The van der Waals surface area contributed by atoms with Crippen LogP contribution in [0.25, 0.3) is 0 Å². The van der Waals surface area contributed by atoms with Gasteiger partial charge in [0.15, 0.2) is 0 Å². The van der Waals surface area contributed by atoms with Crippen LogP contribution >= 0.6 is 0 Å². The minimum atomic E-state index is -0.0872. The van der Waals surface area contributed by atoms with Crippen molar-refractivity contribution in [3.63, 3.8) is 0 Å². The van der Waals surface area contributed by atoms with Gasteiger partial charge in [-0.25, -0.2) is 0 Å². The Morgan fingerprint density at radius 2 is 1.83 bits per heavy atom. The highest BCUT2D eigenvalue weighted by atomic mass is 16.2. The molecule has 2 aromatic rings. The summed E-state index contributed by atoms with van der Waals surface area (Å²) in [5, 5.41) is 6.14. The minimum Gasteiger partial charge on any atom is -0.348 e. The highest BCUT2D eigenvalue weighted by Crippen LogP contribution is 2.20. The average molecular weight is 394 g/mol. The van der Waals surface area contributed by atoms with E-state index in [1.807, 2.05) is 30.3 Å². The fraction of sp³-hybridized carbons (Fsp3) is 0.417. The van der Waals surface area contributed by atoms with E-state index in [-0.39, 0.29) is 23.8 Å². The Kier molecular flexibility index (Phi) is 7.42. The maximum absolute atomic E-state index is 12.6. The molecule has 0 unspecified atom stereocenters. The summed E-state index contributed by atoms with van der Waals surface area (Å²) < 4.78 is 0. The summed E-state index contributed by atoms with van der Waals surface area (Å²) in [6, 6.07) is 17.8. The number of nitrogens with one attached hydrogen (secondary N) is 2. The zero-order valence-corrected chi connectivity index (χ0v) is 17.4. The predicted molar refractivity (Wildman–Crippen MR) is 117 cm³/mol. The largest absolute Gasteiger partial charge is 0.348 e. The van der Waals surface area contributed by atoms with Gasteiger partial charge < -0.3 is 10.6 Å². The van der Waals surface area contributed by atoms with E-state index in [4.69, 9.17) is 0 Å². The molecule has 2 amide bonds. The quantitative estimate of drug-likeness (QED) is 0.750. The molecular formula is C24H31N3O2. The van der Waals surface area contributed by atoms with E-state index in [1.54, 1.807) is 0 Å². The van der Waals surface area contributed by atoms with Crippen LogP contribution in [0.1, 0.15) is 43.4 Å². The van der Waals surface area contributed by atoms with Crippen molar-refractivity contribution in [3.8, 4) is 0 Å². The third kappa shape index (κ3) is 6.16. The van der Waals surface area contributed by atoms with Crippen LogP contribution < -0.4 is 10.6 Å². The number of carbonyl (C=O) groups is 2.